The Morgan fingerprint density at radius 2 is 2.12 bits per heavy atom. The standard InChI is InChI=1S/C15H22O2/c1-10-6-5-7-11-12(16)8-9-13(14(2,3)17)15(10,11)4/h7-10,13,17H,5-6H2,1-4H3. The van der Waals surface area contributed by atoms with Crippen molar-refractivity contribution in [2.45, 2.75) is 46.1 Å². The number of hydrogen-bond donors (Lipinski definition) is 1. The van der Waals surface area contributed by atoms with Crippen molar-refractivity contribution < 1.29 is 9.90 Å². The summed E-state index contributed by atoms with van der Waals surface area (Å²) < 4.78 is 0. The molecule has 0 saturated carbocycles. The van der Waals surface area contributed by atoms with Crippen molar-refractivity contribution in [2.75, 3.05) is 0 Å². The number of ketones is 1. The summed E-state index contributed by atoms with van der Waals surface area (Å²) in [4.78, 5) is 12.0. The second-order valence-electron chi connectivity index (χ2n) is 6.23. The molecular formula is C15H22O2. The van der Waals surface area contributed by atoms with Gasteiger partial charge in [-0.05, 0) is 38.7 Å². The van der Waals surface area contributed by atoms with Crippen molar-refractivity contribution in [3.05, 3.63) is 23.8 Å². The van der Waals surface area contributed by atoms with Crippen LogP contribution in [0.15, 0.2) is 23.8 Å². The van der Waals surface area contributed by atoms with E-state index in [9.17, 15) is 9.90 Å². The first-order chi connectivity index (χ1) is 7.78. The zero-order chi connectivity index (χ0) is 12.8. The lowest BCUT2D eigenvalue weighted by Crippen LogP contribution is -2.50. The molecule has 2 nitrogen and oxygen atoms in total. The van der Waals surface area contributed by atoms with Gasteiger partial charge in [0.05, 0.1) is 5.60 Å². The monoisotopic (exact) mass is 234 g/mol. The number of carbonyl (C=O) groups excluding carboxylic acids is 1. The number of carbonyl (C=O) groups is 1. The first-order valence-corrected chi connectivity index (χ1v) is 6.43. The molecule has 0 amide bonds. The molecule has 0 aromatic heterocycles. The second kappa shape index (κ2) is 3.81. The summed E-state index contributed by atoms with van der Waals surface area (Å²) in [6.07, 6.45) is 7.68. The molecule has 94 valence electrons. The Morgan fingerprint density at radius 3 is 2.71 bits per heavy atom. The summed E-state index contributed by atoms with van der Waals surface area (Å²) in [5.74, 6) is 0.557. The van der Waals surface area contributed by atoms with Gasteiger partial charge in [-0.3, -0.25) is 4.79 Å². The SMILES string of the molecule is CC1CCC=C2C(=O)C=CC(C(C)(C)O)C21C. The van der Waals surface area contributed by atoms with Crippen LogP contribution in [-0.2, 0) is 4.79 Å². The Morgan fingerprint density at radius 1 is 1.47 bits per heavy atom. The van der Waals surface area contributed by atoms with Crippen LogP contribution in [0.1, 0.15) is 40.5 Å². The predicted octanol–water partition coefficient (Wildman–Crippen LogP) is 2.88. The summed E-state index contributed by atoms with van der Waals surface area (Å²) in [6, 6.07) is 0. The average Bonchev–Trinajstić information content (AvgIpc) is 2.19. The van der Waals surface area contributed by atoms with Crippen LogP contribution in [0.4, 0.5) is 0 Å². The lowest BCUT2D eigenvalue weighted by molar-refractivity contribution is -0.115. The van der Waals surface area contributed by atoms with Gasteiger partial charge in [-0.25, -0.2) is 0 Å². The van der Waals surface area contributed by atoms with Crippen molar-refractivity contribution in [1.82, 2.24) is 0 Å². The second-order valence-corrected chi connectivity index (χ2v) is 6.23. The minimum absolute atomic E-state index is 0.00856. The van der Waals surface area contributed by atoms with Gasteiger partial charge >= 0.3 is 0 Å². The minimum Gasteiger partial charge on any atom is -0.390 e. The van der Waals surface area contributed by atoms with Gasteiger partial charge in [-0.1, -0.05) is 26.0 Å². The first-order valence-electron chi connectivity index (χ1n) is 6.43. The van der Waals surface area contributed by atoms with Crippen molar-refractivity contribution >= 4 is 5.78 Å². The van der Waals surface area contributed by atoms with Crippen LogP contribution in [0, 0.1) is 17.3 Å². The highest BCUT2D eigenvalue weighted by atomic mass is 16.3. The Balaban J connectivity index is 2.56. The van der Waals surface area contributed by atoms with Gasteiger partial charge in [0.1, 0.15) is 0 Å². The highest BCUT2D eigenvalue weighted by Crippen LogP contribution is 2.53. The number of aliphatic hydroxyl groups is 1. The molecule has 3 unspecified atom stereocenters. The first kappa shape index (κ1) is 12.6. The Labute approximate surface area is 103 Å². The van der Waals surface area contributed by atoms with E-state index in [2.05, 4.69) is 19.9 Å². The van der Waals surface area contributed by atoms with Crippen LogP contribution in [0.2, 0.25) is 0 Å². The number of rotatable bonds is 1. The molecule has 0 aromatic rings. The van der Waals surface area contributed by atoms with Gasteiger partial charge in [0.15, 0.2) is 5.78 Å². The van der Waals surface area contributed by atoms with Crippen molar-refractivity contribution in [3.8, 4) is 0 Å². The number of fused-ring (bicyclic) bond motifs is 1. The summed E-state index contributed by atoms with van der Waals surface area (Å²) in [6.45, 7) is 7.99. The maximum atomic E-state index is 12.0. The van der Waals surface area contributed by atoms with Crippen molar-refractivity contribution in [1.29, 1.82) is 0 Å². The third kappa shape index (κ3) is 1.79. The molecule has 1 N–H and O–H groups in total. The van der Waals surface area contributed by atoms with Crippen LogP contribution in [-0.4, -0.2) is 16.5 Å². The molecule has 0 heterocycles. The molecule has 2 aliphatic rings. The fourth-order valence-electron chi connectivity index (χ4n) is 3.55. The molecule has 0 fully saturated rings. The average molecular weight is 234 g/mol. The summed E-state index contributed by atoms with van der Waals surface area (Å²) >= 11 is 0. The van der Waals surface area contributed by atoms with Gasteiger partial charge in [0.25, 0.3) is 0 Å². The van der Waals surface area contributed by atoms with Crippen LogP contribution in [0.3, 0.4) is 0 Å². The van der Waals surface area contributed by atoms with E-state index in [1.54, 1.807) is 6.08 Å². The maximum absolute atomic E-state index is 12.0. The van der Waals surface area contributed by atoms with Gasteiger partial charge in [0, 0.05) is 16.9 Å². The molecule has 2 aliphatic carbocycles. The van der Waals surface area contributed by atoms with E-state index < -0.39 is 5.60 Å². The fraction of sp³-hybridized carbons (Fsp3) is 0.667. The fourth-order valence-corrected chi connectivity index (χ4v) is 3.55. The molecule has 0 bridgehead atoms. The quantitative estimate of drug-likeness (QED) is 0.757. The Kier molecular flexibility index (Phi) is 2.81. The number of allylic oxidation sites excluding steroid dienone is 3. The molecule has 2 rings (SSSR count). The third-order valence-corrected chi connectivity index (χ3v) is 4.66. The van der Waals surface area contributed by atoms with Gasteiger partial charge in [0.2, 0.25) is 0 Å². The van der Waals surface area contributed by atoms with E-state index in [4.69, 9.17) is 0 Å². The van der Waals surface area contributed by atoms with Crippen molar-refractivity contribution in [2.24, 2.45) is 17.3 Å². The molecule has 17 heavy (non-hydrogen) atoms. The van der Waals surface area contributed by atoms with Crippen LogP contribution in [0.25, 0.3) is 0 Å². The van der Waals surface area contributed by atoms with Crippen molar-refractivity contribution in [3.63, 3.8) is 0 Å². The molecule has 2 heteroatoms. The predicted molar refractivity (Wildman–Crippen MR) is 68.5 cm³/mol. The molecular weight excluding hydrogens is 212 g/mol. The molecule has 0 aliphatic heterocycles. The van der Waals surface area contributed by atoms with Gasteiger partial charge in [-0.2, -0.15) is 0 Å². The Hall–Kier alpha value is -0.890. The summed E-state index contributed by atoms with van der Waals surface area (Å²) in [5.41, 5.74) is -0.107. The van der Waals surface area contributed by atoms with E-state index in [0.29, 0.717) is 5.92 Å². The van der Waals surface area contributed by atoms with Gasteiger partial charge < -0.3 is 5.11 Å². The van der Waals surface area contributed by atoms with Crippen LogP contribution in [0.5, 0.6) is 0 Å². The van der Waals surface area contributed by atoms with E-state index in [1.807, 2.05) is 19.9 Å². The summed E-state index contributed by atoms with van der Waals surface area (Å²) in [7, 11) is 0. The normalized spacial score (nSPS) is 37.7. The lowest BCUT2D eigenvalue weighted by Gasteiger charge is -2.50. The summed E-state index contributed by atoms with van der Waals surface area (Å²) in [5, 5.41) is 10.4. The highest BCUT2D eigenvalue weighted by Gasteiger charge is 2.51. The molecule has 3 atom stereocenters. The van der Waals surface area contributed by atoms with Crippen LogP contribution < -0.4 is 0 Å². The topological polar surface area (TPSA) is 37.3 Å². The molecule has 0 aromatic carbocycles. The minimum atomic E-state index is -0.795. The van der Waals surface area contributed by atoms with E-state index in [0.717, 1.165) is 18.4 Å². The van der Waals surface area contributed by atoms with E-state index in [-0.39, 0.29) is 17.1 Å². The number of hydrogen-bond acceptors (Lipinski definition) is 2. The third-order valence-electron chi connectivity index (χ3n) is 4.66. The molecule has 0 radical (unpaired) electrons. The zero-order valence-electron chi connectivity index (χ0n) is 11.2. The molecule has 0 saturated heterocycles. The smallest absolute Gasteiger partial charge is 0.181 e. The van der Waals surface area contributed by atoms with E-state index >= 15 is 0 Å². The van der Waals surface area contributed by atoms with Crippen LogP contribution >= 0.6 is 0 Å². The highest BCUT2D eigenvalue weighted by molar-refractivity contribution is 6.06. The molecule has 0 spiro atoms. The maximum Gasteiger partial charge on any atom is 0.181 e. The van der Waals surface area contributed by atoms with E-state index in [1.165, 1.54) is 0 Å². The Bertz CT molecular complexity index is 398. The largest absolute Gasteiger partial charge is 0.390 e. The van der Waals surface area contributed by atoms with Gasteiger partial charge in [-0.15, -0.1) is 0 Å². The lowest BCUT2D eigenvalue weighted by atomic mass is 9.54. The zero-order valence-corrected chi connectivity index (χ0v) is 11.2.